The van der Waals surface area contributed by atoms with Crippen molar-refractivity contribution in [3.63, 3.8) is 0 Å². The number of carbonyl (C=O) groups excluding carboxylic acids is 1. The summed E-state index contributed by atoms with van der Waals surface area (Å²) >= 11 is 0. The smallest absolute Gasteiger partial charge is 0.323 e. The maximum absolute atomic E-state index is 12.3. The molecule has 1 saturated heterocycles. The quantitative estimate of drug-likeness (QED) is 0.814. The average molecular weight is 324 g/mol. The summed E-state index contributed by atoms with van der Waals surface area (Å²) in [6, 6.07) is 8.82. The molecule has 2 atom stereocenters. The zero-order chi connectivity index (χ0) is 15.9. The summed E-state index contributed by atoms with van der Waals surface area (Å²) in [5.74, 6) is -0.982. The third-order valence-corrected chi connectivity index (χ3v) is 4.66. The molecule has 1 aromatic rings. The molecule has 0 aromatic heterocycles. The summed E-state index contributed by atoms with van der Waals surface area (Å²) in [7, 11) is -1.37. The van der Waals surface area contributed by atoms with Crippen LogP contribution in [0.2, 0.25) is 0 Å². The van der Waals surface area contributed by atoms with Crippen molar-refractivity contribution in [3.05, 3.63) is 35.9 Å². The lowest BCUT2D eigenvalue weighted by molar-refractivity contribution is -0.144. The monoisotopic (exact) mass is 324 g/mol. The van der Waals surface area contributed by atoms with Gasteiger partial charge in [0.2, 0.25) is 5.91 Å². The van der Waals surface area contributed by atoms with E-state index in [4.69, 9.17) is 5.11 Å². The Morgan fingerprint density at radius 2 is 2.05 bits per heavy atom. The SMILES string of the molecule is O=C(O)CN1CCCCC(NS(=O)Cc2ccccc2)C1=O. The number of likely N-dealkylation sites (tertiary alicyclic amines) is 1. The van der Waals surface area contributed by atoms with Gasteiger partial charge in [0.05, 0.1) is 22.8 Å². The third-order valence-electron chi connectivity index (χ3n) is 3.52. The summed E-state index contributed by atoms with van der Waals surface area (Å²) in [6.07, 6.45) is 2.15. The van der Waals surface area contributed by atoms with Crippen molar-refractivity contribution in [1.29, 1.82) is 0 Å². The van der Waals surface area contributed by atoms with Gasteiger partial charge in [-0.3, -0.25) is 9.59 Å². The highest BCUT2D eigenvalue weighted by molar-refractivity contribution is 7.82. The molecule has 2 rings (SSSR count). The van der Waals surface area contributed by atoms with Gasteiger partial charge >= 0.3 is 5.97 Å². The van der Waals surface area contributed by atoms with Gasteiger partial charge in [-0.1, -0.05) is 30.3 Å². The summed E-state index contributed by atoms with van der Waals surface area (Å²) < 4.78 is 15.0. The highest BCUT2D eigenvalue weighted by Crippen LogP contribution is 2.13. The van der Waals surface area contributed by atoms with Gasteiger partial charge in [0.15, 0.2) is 0 Å². The van der Waals surface area contributed by atoms with Gasteiger partial charge in [-0.25, -0.2) is 8.93 Å². The number of benzene rings is 1. The van der Waals surface area contributed by atoms with E-state index in [1.165, 1.54) is 4.90 Å². The van der Waals surface area contributed by atoms with E-state index < -0.39 is 23.0 Å². The van der Waals surface area contributed by atoms with Crippen molar-refractivity contribution in [2.45, 2.75) is 31.1 Å². The number of amides is 1. The van der Waals surface area contributed by atoms with Crippen LogP contribution in [0.1, 0.15) is 24.8 Å². The lowest BCUT2D eigenvalue weighted by atomic mass is 10.1. The number of carbonyl (C=O) groups is 2. The van der Waals surface area contributed by atoms with Crippen molar-refractivity contribution in [3.8, 4) is 0 Å². The number of hydrogen-bond donors (Lipinski definition) is 2. The number of carboxylic acids is 1. The molecular formula is C15H20N2O4S. The predicted molar refractivity (Wildman–Crippen MR) is 83.3 cm³/mol. The molecule has 7 heteroatoms. The van der Waals surface area contributed by atoms with Crippen molar-refractivity contribution >= 4 is 22.9 Å². The Morgan fingerprint density at radius 3 is 2.73 bits per heavy atom. The molecule has 0 bridgehead atoms. The van der Waals surface area contributed by atoms with E-state index in [0.717, 1.165) is 18.4 Å². The van der Waals surface area contributed by atoms with Gasteiger partial charge in [-0.15, -0.1) is 0 Å². The molecule has 1 fully saturated rings. The van der Waals surface area contributed by atoms with Gasteiger partial charge in [0.1, 0.15) is 6.54 Å². The molecule has 2 N–H and O–H groups in total. The van der Waals surface area contributed by atoms with Crippen LogP contribution in [0.4, 0.5) is 0 Å². The number of carboxylic acid groups (broad SMARTS) is 1. The van der Waals surface area contributed by atoms with Crippen LogP contribution in [0, 0.1) is 0 Å². The molecule has 1 heterocycles. The maximum Gasteiger partial charge on any atom is 0.323 e. The first-order valence-corrected chi connectivity index (χ1v) is 8.57. The number of hydrogen-bond acceptors (Lipinski definition) is 3. The van der Waals surface area contributed by atoms with Crippen LogP contribution in [0.25, 0.3) is 0 Å². The fourth-order valence-electron chi connectivity index (χ4n) is 2.46. The summed E-state index contributed by atoms with van der Waals surface area (Å²) in [5, 5.41) is 8.86. The van der Waals surface area contributed by atoms with Gasteiger partial charge in [-0.05, 0) is 24.8 Å². The normalized spacial score (nSPS) is 20.5. The van der Waals surface area contributed by atoms with Gasteiger partial charge in [0, 0.05) is 6.54 Å². The fraction of sp³-hybridized carbons (Fsp3) is 0.467. The number of nitrogens with zero attached hydrogens (tertiary/aromatic N) is 1. The topological polar surface area (TPSA) is 86.7 Å². The minimum Gasteiger partial charge on any atom is -0.480 e. The number of aliphatic carboxylic acids is 1. The molecule has 0 aliphatic carbocycles. The van der Waals surface area contributed by atoms with Gasteiger partial charge in [-0.2, -0.15) is 0 Å². The zero-order valence-corrected chi connectivity index (χ0v) is 13.1. The predicted octanol–water partition coefficient (Wildman–Crippen LogP) is 0.906. The maximum atomic E-state index is 12.3. The van der Waals surface area contributed by atoms with Crippen LogP contribution in [-0.2, 0) is 26.3 Å². The van der Waals surface area contributed by atoms with E-state index in [-0.39, 0.29) is 12.5 Å². The summed E-state index contributed by atoms with van der Waals surface area (Å²) in [5.41, 5.74) is 0.928. The molecule has 120 valence electrons. The molecule has 1 aliphatic rings. The van der Waals surface area contributed by atoms with E-state index >= 15 is 0 Å². The molecule has 2 unspecified atom stereocenters. The van der Waals surface area contributed by atoms with Crippen LogP contribution in [0.5, 0.6) is 0 Å². The van der Waals surface area contributed by atoms with Crippen LogP contribution in [-0.4, -0.2) is 45.2 Å². The van der Waals surface area contributed by atoms with Crippen LogP contribution >= 0.6 is 0 Å². The van der Waals surface area contributed by atoms with E-state index in [2.05, 4.69) is 4.72 Å². The first-order chi connectivity index (χ1) is 10.6. The molecule has 1 aromatic carbocycles. The Kier molecular flexibility index (Phi) is 6.09. The molecular weight excluding hydrogens is 304 g/mol. The average Bonchev–Trinajstić information content (AvgIpc) is 2.63. The van der Waals surface area contributed by atoms with Crippen molar-refractivity contribution in [2.24, 2.45) is 0 Å². The highest BCUT2D eigenvalue weighted by Gasteiger charge is 2.29. The van der Waals surface area contributed by atoms with E-state index in [1.807, 2.05) is 30.3 Å². The summed E-state index contributed by atoms with van der Waals surface area (Å²) in [4.78, 5) is 24.5. The van der Waals surface area contributed by atoms with Crippen molar-refractivity contribution < 1.29 is 18.9 Å². The minimum absolute atomic E-state index is 0.277. The fourth-order valence-corrected chi connectivity index (χ4v) is 3.58. The minimum atomic E-state index is -1.37. The van der Waals surface area contributed by atoms with Crippen LogP contribution in [0.15, 0.2) is 30.3 Å². The molecule has 1 aliphatic heterocycles. The van der Waals surface area contributed by atoms with Crippen molar-refractivity contribution in [2.75, 3.05) is 13.1 Å². The number of rotatable bonds is 6. The van der Waals surface area contributed by atoms with E-state index in [1.54, 1.807) is 0 Å². The Bertz CT molecular complexity index is 550. The van der Waals surface area contributed by atoms with Crippen LogP contribution in [0.3, 0.4) is 0 Å². The number of nitrogens with one attached hydrogen (secondary N) is 1. The van der Waals surface area contributed by atoms with Crippen molar-refractivity contribution in [1.82, 2.24) is 9.62 Å². The molecule has 1 amide bonds. The first kappa shape index (κ1) is 16.6. The molecule has 22 heavy (non-hydrogen) atoms. The van der Waals surface area contributed by atoms with E-state index in [0.29, 0.717) is 18.7 Å². The Labute approximate surface area is 132 Å². The Hall–Kier alpha value is -1.73. The third kappa shape index (κ3) is 4.92. The Morgan fingerprint density at radius 1 is 1.32 bits per heavy atom. The molecule has 0 spiro atoms. The molecule has 0 radical (unpaired) electrons. The molecule has 0 saturated carbocycles. The second kappa shape index (κ2) is 8.05. The zero-order valence-electron chi connectivity index (χ0n) is 12.2. The molecule has 6 nitrogen and oxygen atoms in total. The second-order valence-corrected chi connectivity index (χ2v) is 6.51. The second-order valence-electron chi connectivity index (χ2n) is 5.30. The Balaban J connectivity index is 1.96. The van der Waals surface area contributed by atoms with Gasteiger partial charge < -0.3 is 10.0 Å². The lowest BCUT2D eigenvalue weighted by Crippen LogP contribution is -2.47. The van der Waals surface area contributed by atoms with E-state index in [9.17, 15) is 13.8 Å². The van der Waals surface area contributed by atoms with Crippen LogP contribution < -0.4 is 4.72 Å². The lowest BCUT2D eigenvalue weighted by Gasteiger charge is -2.22. The highest BCUT2D eigenvalue weighted by atomic mass is 32.2. The summed E-state index contributed by atoms with van der Waals surface area (Å²) in [6.45, 7) is 0.136. The largest absolute Gasteiger partial charge is 0.480 e. The standard InChI is InChI=1S/C15H20N2O4S/c18-14(19)10-17-9-5-4-8-13(15(17)20)16-22(21)11-12-6-2-1-3-7-12/h1-3,6-7,13,16H,4-5,8-11H2,(H,18,19). The van der Waals surface area contributed by atoms with Gasteiger partial charge in [0.25, 0.3) is 0 Å². The first-order valence-electron chi connectivity index (χ1n) is 7.25.